The SMILES string of the molecule is O=C(NC1CCN(C(=O)c2ccc(Cl)cc2)CC1)C1CC1. The van der Waals surface area contributed by atoms with Crippen molar-refractivity contribution in [3.63, 3.8) is 0 Å². The third-order valence-electron chi connectivity index (χ3n) is 4.17. The predicted octanol–water partition coefficient (Wildman–Crippen LogP) is 2.47. The molecule has 0 radical (unpaired) electrons. The van der Waals surface area contributed by atoms with Gasteiger partial charge in [0.1, 0.15) is 0 Å². The topological polar surface area (TPSA) is 49.4 Å². The summed E-state index contributed by atoms with van der Waals surface area (Å²) in [7, 11) is 0. The highest BCUT2D eigenvalue weighted by molar-refractivity contribution is 6.30. The molecule has 4 nitrogen and oxygen atoms in total. The largest absolute Gasteiger partial charge is 0.353 e. The van der Waals surface area contributed by atoms with Crippen LogP contribution in [0.5, 0.6) is 0 Å². The van der Waals surface area contributed by atoms with E-state index in [4.69, 9.17) is 11.6 Å². The molecule has 0 aromatic heterocycles. The summed E-state index contributed by atoms with van der Waals surface area (Å²) in [5.41, 5.74) is 0.667. The van der Waals surface area contributed by atoms with Crippen LogP contribution >= 0.6 is 11.6 Å². The first-order valence-corrected chi connectivity index (χ1v) is 7.86. The van der Waals surface area contributed by atoms with E-state index in [1.165, 1.54) is 0 Å². The monoisotopic (exact) mass is 306 g/mol. The van der Waals surface area contributed by atoms with Crippen molar-refractivity contribution in [1.82, 2.24) is 10.2 Å². The maximum absolute atomic E-state index is 12.4. The molecule has 3 rings (SSSR count). The fraction of sp³-hybridized carbons (Fsp3) is 0.500. The second-order valence-electron chi connectivity index (χ2n) is 5.86. The summed E-state index contributed by atoms with van der Waals surface area (Å²) in [4.78, 5) is 25.9. The van der Waals surface area contributed by atoms with Gasteiger partial charge in [-0.25, -0.2) is 0 Å². The lowest BCUT2D eigenvalue weighted by molar-refractivity contribution is -0.123. The van der Waals surface area contributed by atoms with E-state index in [0.29, 0.717) is 23.7 Å². The van der Waals surface area contributed by atoms with Crippen LogP contribution in [0.4, 0.5) is 0 Å². The zero-order valence-corrected chi connectivity index (χ0v) is 12.6. The summed E-state index contributed by atoms with van der Waals surface area (Å²) in [5, 5.41) is 3.73. The fourth-order valence-corrected chi connectivity index (χ4v) is 2.79. The molecule has 1 aromatic rings. The quantitative estimate of drug-likeness (QED) is 0.932. The zero-order chi connectivity index (χ0) is 14.8. The van der Waals surface area contributed by atoms with Crippen molar-refractivity contribution in [1.29, 1.82) is 0 Å². The van der Waals surface area contributed by atoms with E-state index in [1.54, 1.807) is 24.3 Å². The van der Waals surface area contributed by atoms with Crippen LogP contribution in [0.15, 0.2) is 24.3 Å². The van der Waals surface area contributed by atoms with Gasteiger partial charge in [-0.1, -0.05) is 11.6 Å². The van der Waals surface area contributed by atoms with Gasteiger partial charge in [-0.05, 0) is 49.9 Å². The van der Waals surface area contributed by atoms with Crippen LogP contribution in [0, 0.1) is 5.92 Å². The van der Waals surface area contributed by atoms with Gasteiger partial charge in [0.15, 0.2) is 0 Å². The molecule has 1 aliphatic carbocycles. The van der Waals surface area contributed by atoms with Gasteiger partial charge >= 0.3 is 0 Å². The van der Waals surface area contributed by atoms with Crippen LogP contribution < -0.4 is 5.32 Å². The molecule has 0 spiro atoms. The molecule has 5 heteroatoms. The van der Waals surface area contributed by atoms with Crippen molar-refractivity contribution >= 4 is 23.4 Å². The number of benzene rings is 1. The van der Waals surface area contributed by atoms with E-state index in [-0.39, 0.29) is 23.8 Å². The predicted molar refractivity (Wildman–Crippen MR) is 81.2 cm³/mol. The second-order valence-corrected chi connectivity index (χ2v) is 6.29. The minimum absolute atomic E-state index is 0.0404. The van der Waals surface area contributed by atoms with Crippen molar-refractivity contribution in [2.45, 2.75) is 31.7 Å². The van der Waals surface area contributed by atoms with E-state index in [0.717, 1.165) is 25.7 Å². The highest BCUT2D eigenvalue weighted by Gasteiger charge is 2.32. The van der Waals surface area contributed by atoms with E-state index >= 15 is 0 Å². The third kappa shape index (κ3) is 3.56. The van der Waals surface area contributed by atoms with Crippen LogP contribution in [-0.2, 0) is 4.79 Å². The maximum Gasteiger partial charge on any atom is 0.253 e. The first kappa shape index (κ1) is 14.4. The number of halogens is 1. The molecule has 0 bridgehead atoms. The van der Waals surface area contributed by atoms with E-state index in [1.807, 2.05) is 4.90 Å². The molecule has 0 atom stereocenters. The van der Waals surface area contributed by atoms with Crippen molar-refractivity contribution in [2.75, 3.05) is 13.1 Å². The Morgan fingerprint density at radius 2 is 1.67 bits per heavy atom. The molecular formula is C16H19ClN2O2. The summed E-state index contributed by atoms with van der Waals surface area (Å²) in [6.45, 7) is 1.38. The van der Waals surface area contributed by atoms with Crippen molar-refractivity contribution < 1.29 is 9.59 Å². The van der Waals surface area contributed by atoms with Gasteiger partial charge in [0.05, 0.1) is 0 Å². The normalized spacial score (nSPS) is 19.4. The average molecular weight is 307 g/mol. The molecule has 2 fully saturated rings. The van der Waals surface area contributed by atoms with Gasteiger partial charge in [0, 0.05) is 35.6 Å². The lowest BCUT2D eigenvalue weighted by Gasteiger charge is -2.32. The minimum atomic E-state index is 0.0404. The van der Waals surface area contributed by atoms with Gasteiger partial charge in [0.25, 0.3) is 5.91 Å². The van der Waals surface area contributed by atoms with Gasteiger partial charge < -0.3 is 10.2 Å². The molecule has 1 saturated heterocycles. The van der Waals surface area contributed by atoms with Crippen molar-refractivity contribution in [3.05, 3.63) is 34.9 Å². The number of amides is 2. The van der Waals surface area contributed by atoms with Gasteiger partial charge in [0.2, 0.25) is 5.91 Å². The summed E-state index contributed by atoms with van der Waals surface area (Å²) in [6, 6.07) is 7.19. The number of likely N-dealkylation sites (tertiary alicyclic amines) is 1. The highest BCUT2D eigenvalue weighted by atomic mass is 35.5. The minimum Gasteiger partial charge on any atom is -0.353 e. The van der Waals surface area contributed by atoms with Crippen molar-refractivity contribution in [3.8, 4) is 0 Å². The fourth-order valence-electron chi connectivity index (χ4n) is 2.67. The average Bonchev–Trinajstić information content (AvgIpc) is 3.33. The maximum atomic E-state index is 12.4. The Labute approximate surface area is 129 Å². The summed E-state index contributed by atoms with van der Waals surface area (Å²) < 4.78 is 0. The number of nitrogens with zero attached hydrogens (tertiary/aromatic N) is 1. The molecule has 2 aliphatic rings. The number of hydrogen-bond donors (Lipinski definition) is 1. The molecule has 1 N–H and O–H groups in total. The van der Waals surface area contributed by atoms with E-state index in [2.05, 4.69) is 5.32 Å². The van der Waals surface area contributed by atoms with E-state index in [9.17, 15) is 9.59 Å². The summed E-state index contributed by atoms with van der Waals surface area (Å²) >= 11 is 5.84. The van der Waals surface area contributed by atoms with Gasteiger partial charge in [-0.15, -0.1) is 0 Å². The number of rotatable bonds is 3. The summed E-state index contributed by atoms with van der Waals surface area (Å²) in [5.74, 6) is 0.481. The molecule has 1 aliphatic heterocycles. The van der Waals surface area contributed by atoms with Crippen molar-refractivity contribution in [2.24, 2.45) is 5.92 Å². The van der Waals surface area contributed by atoms with Crippen LogP contribution in [0.2, 0.25) is 5.02 Å². The standard InChI is InChI=1S/C16H19ClN2O2/c17-13-5-3-12(4-6-13)16(21)19-9-7-14(8-10-19)18-15(20)11-1-2-11/h3-6,11,14H,1-2,7-10H2,(H,18,20). The Balaban J connectivity index is 1.51. The molecule has 21 heavy (non-hydrogen) atoms. The van der Waals surface area contributed by atoms with Crippen LogP contribution in [-0.4, -0.2) is 35.8 Å². The Hall–Kier alpha value is -1.55. The zero-order valence-electron chi connectivity index (χ0n) is 11.8. The first-order chi connectivity index (χ1) is 10.1. The van der Waals surface area contributed by atoms with Gasteiger partial charge in [-0.3, -0.25) is 9.59 Å². The van der Waals surface area contributed by atoms with Crippen LogP contribution in [0.3, 0.4) is 0 Å². The number of nitrogens with one attached hydrogen (secondary N) is 1. The second kappa shape index (κ2) is 6.06. The lowest BCUT2D eigenvalue weighted by atomic mass is 10.0. The molecule has 1 heterocycles. The van der Waals surface area contributed by atoms with Gasteiger partial charge in [-0.2, -0.15) is 0 Å². The first-order valence-electron chi connectivity index (χ1n) is 7.49. The highest BCUT2D eigenvalue weighted by Crippen LogP contribution is 2.29. The number of hydrogen-bond acceptors (Lipinski definition) is 2. The number of carbonyl (C=O) groups is 2. The molecule has 1 saturated carbocycles. The van der Waals surface area contributed by atoms with E-state index < -0.39 is 0 Å². The molecule has 112 valence electrons. The Morgan fingerprint density at radius 3 is 2.24 bits per heavy atom. The Kier molecular flexibility index (Phi) is 4.15. The Morgan fingerprint density at radius 1 is 1.05 bits per heavy atom. The number of piperidine rings is 1. The van der Waals surface area contributed by atoms with Crippen LogP contribution in [0.25, 0.3) is 0 Å². The smallest absolute Gasteiger partial charge is 0.253 e. The number of carbonyl (C=O) groups excluding carboxylic acids is 2. The molecular weight excluding hydrogens is 288 g/mol. The molecule has 2 amide bonds. The Bertz CT molecular complexity index is 532. The van der Waals surface area contributed by atoms with Crippen LogP contribution in [0.1, 0.15) is 36.0 Å². The third-order valence-corrected chi connectivity index (χ3v) is 4.42. The lowest BCUT2D eigenvalue weighted by Crippen LogP contribution is -2.46. The summed E-state index contributed by atoms with van der Waals surface area (Å²) in [6.07, 6.45) is 3.72. The molecule has 1 aromatic carbocycles. The molecule has 0 unspecified atom stereocenters.